The number of rotatable bonds is 5. The van der Waals surface area contributed by atoms with E-state index in [4.69, 9.17) is 4.74 Å². The summed E-state index contributed by atoms with van der Waals surface area (Å²) < 4.78 is 20.8. The second-order valence-corrected chi connectivity index (χ2v) is 7.20. The summed E-state index contributed by atoms with van der Waals surface area (Å²) in [5.74, 6) is 0.351. The van der Waals surface area contributed by atoms with E-state index >= 15 is 0 Å². The summed E-state index contributed by atoms with van der Waals surface area (Å²) in [7, 11) is 0. The average Bonchev–Trinajstić information content (AvgIpc) is 3.24. The molecule has 0 radical (unpaired) electrons. The van der Waals surface area contributed by atoms with Crippen molar-refractivity contribution in [3.05, 3.63) is 59.4 Å². The molecular weight excluding hydrogens is 381 g/mol. The minimum atomic E-state index is -0.339. The van der Waals surface area contributed by atoms with Gasteiger partial charge in [-0.1, -0.05) is 41.2 Å². The molecule has 28 heavy (non-hydrogen) atoms. The zero-order chi connectivity index (χ0) is 19.7. The Hall–Kier alpha value is -3.33. The number of hydrogen-bond donors (Lipinski definition) is 1. The Bertz CT molecular complexity index is 1150. The number of anilines is 1. The zero-order valence-corrected chi connectivity index (χ0v) is 16.0. The summed E-state index contributed by atoms with van der Waals surface area (Å²) in [6.45, 7) is 3.52. The molecule has 0 atom stereocenters. The zero-order valence-electron chi connectivity index (χ0n) is 15.1. The largest absolute Gasteiger partial charge is 0.484 e. The molecule has 2 aromatic carbocycles. The van der Waals surface area contributed by atoms with Crippen molar-refractivity contribution in [3.63, 3.8) is 0 Å². The highest BCUT2D eigenvalue weighted by molar-refractivity contribution is 7.20. The Morgan fingerprint density at radius 1 is 1.18 bits per heavy atom. The summed E-state index contributed by atoms with van der Waals surface area (Å²) in [5.41, 5.74) is 2.21. The van der Waals surface area contributed by atoms with Crippen molar-refractivity contribution in [3.8, 4) is 17.1 Å². The van der Waals surface area contributed by atoms with Crippen LogP contribution in [0.1, 0.15) is 11.1 Å². The molecule has 2 heterocycles. The highest BCUT2D eigenvalue weighted by Gasteiger charge is 2.16. The molecule has 1 amide bonds. The van der Waals surface area contributed by atoms with Crippen molar-refractivity contribution in [2.24, 2.45) is 0 Å². The van der Waals surface area contributed by atoms with Gasteiger partial charge in [-0.2, -0.15) is 4.52 Å². The fourth-order valence-electron chi connectivity index (χ4n) is 2.52. The molecule has 7 nitrogen and oxygen atoms in total. The van der Waals surface area contributed by atoms with Crippen LogP contribution in [0.2, 0.25) is 0 Å². The fraction of sp³-hybridized carbons (Fsp3) is 0.158. The number of ether oxygens (including phenoxy) is 1. The standard InChI is InChI=1S/C19H16FN5O2S/c1-11-3-7-14(8-4-11)27-10-16(26)21-18-24-25-17(22-23-19(25)28-18)13-6-5-12(2)15(20)9-13/h3-9H,10H2,1-2H3,(H,21,24,26). The van der Waals surface area contributed by atoms with Crippen molar-refractivity contribution in [1.29, 1.82) is 0 Å². The Kier molecular flexibility index (Phi) is 4.74. The predicted octanol–water partition coefficient (Wildman–Crippen LogP) is 3.63. The normalized spacial score (nSPS) is 11.0. The lowest BCUT2D eigenvalue weighted by Gasteiger charge is -2.05. The van der Waals surface area contributed by atoms with Gasteiger partial charge >= 0.3 is 0 Å². The Balaban J connectivity index is 1.47. The van der Waals surface area contributed by atoms with Crippen LogP contribution in [0.15, 0.2) is 42.5 Å². The van der Waals surface area contributed by atoms with E-state index in [1.165, 1.54) is 21.9 Å². The van der Waals surface area contributed by atoms with E-state index < -0.39 is 0 Å². The molecule has 4 aromatic rings. The van der Waals surface area contributed by atoms with E-state index in [1.54, 1.807) is 31.2 Å². The molecule has 0 spiro atoms. The van der Waals surface area contributed by atoms with E-state index in [1.807, 2.05) is 19.1 Å². The van der Waals surface area contributed by atoms with Gasteiger partial charge in [0.05, 0.1) is 0 Å². The van der Waals surface area contributed by atoms with E-state index in [0.717, 1.165) is 5.56 Å². The molecule has 9 heteroatoms. The van der Waals surface area contributed by atoms with Crippen LogP contribution < -0.4 is 10.1 Å². The molecule has 0 unspecified atom stereocenters. The van der Waals surface area contributed by atoms with Crippen molar-refractivity contribution >= 4 is 27.3 Å². The van der Waals surface area contributed by atoms with E-state index in [0.29, 0.717) is 32.8 Å². The molecule has 142 valence electrons. The van der Waals surface area contributed by atoms with Gasteiger partial charge in [0, 0.05) is 5.56 Å². The Morgan fingerprint density at radius 3 is 2.71 bits per heavy atom. The molecule has 0 aliphatic rings. The molecule has 0 aliphatic carbocycles. The monoisotopic (exact) mass is 397 g/mol. The molecule has 0 fully saturated rings. The summed E-state index contributed by atoms with van der Waals surface area (Å²) in [6.07, 6.45) is 0. The van der Waals surface area contributed by atoms with Crippen LogP contribution in [0, 0.1) is 19.7 Å². The lowest BCUT2D eigenvalue weighted by atomic mass is 10.1. The van der Waals surface area contributed by atoms with E-state index in [2.05, 4.69) is 20.6 Å². The molecule has 0 bridgehead atoms. The second kappa shape index (κ2) is 7.35. The molecule has 0 saturated carbocycles. The maximum absolute atomic E-state index is 13.8. The van der Waals surface area contributed by atoms with Crippen LogP contribution in [-0.4, -0.2) is 32.3 Å². The topological polar surface area (TPSA) is 81.4 Å². The number of benzene rings is 2. The van der Waals surface area contributed by atoms with Crippen LogP contribution in [-0.2, 0) is 4.79 Å². The third-order valence-corrected chi connectivity index (χ3v) is 4.87. The number of nitrogens with zero attached hydrogens (tertiary/aromatic N) is 4. The molecule has 1 N–H and O–H groups in total. The number of carbonyl (C=O) groups is 1. The first-order valence-electron chi connectivity index (χ1n) is 8.48. The van der Waals surface area contributed by atoms with E-state index in [-0.39, 0.29) is 18.3 Å². The Labute approximate surface area is 163 Å². The predicted molar refractivity (Wildman–Crippen MR) is 104 cm³/mol. The molecule has 0 saturated heterocycles. The molecule has 2 aromatic heterocycles. The van der Waals surface area contributed by atoms with Crippen molar-refractivity contribution in [2.45, 2.75) is 13.8 Å². The van der Waals surface area contributed by atoms with Gasteiger partial charge in [0.25, 0.3) is 5.91 Å². The SMILES string of the molecule is Cc1ccc(OCC(=O)Nc2nn3c(-c4ccc(C)c(F)c4)nnc3s2)cc1. The lowest BCUT2D eigenvalue weighted by Crippen LogP contribution is -2.20. The van der Waals surface area contributed by atoms with Crippen LogP contribution >= 0.6 is 11.3 Å². The molecular formula is C19H16FN5O2S. The average molecular weight is 397 g/mol. The van der Waals surface area contributed by atoms with Crippen LogP contribution in [0.25, 0.3) is 16.3 Å². The number of aryl methyl sites for hydroxylation is 2. The minimum Gasteiger partial charge on any atom is -0.484 e. The first kappa shape index (κ1) is 18.1. The van der Waals surface area contributed by atoms with Crippen molar-refractivity contribution in [1.82, 2.24) is 19.8 Å². The van der Waals surface area contributed by atoms with Gasteiger partial charge in [0.1, 0.15) is 11.6 Å². The van der Waals surface area contributed by atoms with Gasteiger partial charge in [-0.25, -0.2) is 4.39 Å². The fourth-order valence-corrected chi connectivity index (χ4v) is 3.27. The van der Waals surface area contributed by atoms with Crippen molar-refractivity contribution < 1.29 is 13.9 Å². The van der Waals surface area contributed by atoms with Gasteiger partial charge in [0.15, 0.2) is 12.4 Å². The smallest absolute Gasteiger partial charge is 0.264 e. The van der Waals surface area contributed by atoms with Gasteiger partial charge in [-0.3, -0.25) is 10.1 Å². The summed E-state index contributed by atoms with van der Waals surface area (Å²) in [6, 6.07) is 12.2. The van der Waals surface area contributed by atoms with E-state index in [9.17, 15) is 9.18 Å². The number of fused-ring (bicyclic) bond motifs is 1. The van der Waals surface area contributed by atoms with Crippen LogP contribution in [0.5, 0.6) is 5.75 Å². The number of amides is 1. The lowest BCUT2D eigenvalue weighted by molar-refractivity contribution is -0.118. The highest BCUT2D eigenvalue weighted by Crippen LogP contribution is 2.25. The van der Waals surface area contributed by atoms with Crippen molar-refractivity contribution in [2.75, 3.05) is 11.9 Å². The second-order valence-electron chi connectivity index (χ2n) is 6.24. The first-order chi connectivity index (χ1) is 13.5. The highest BCUT2D eigenvalue weighted by atomic mass is 32.1. The summed E-state index contributed by atoms with van der Waals surface area (Å²) >= 11 is 1.17. The van der Waals surface area contributed by atoms with Gasteiger partial charge in [-0.15, -0.1) is 15.3 Å². The number of halogens is 1. The Morgan fingerprint density at radius 2 is 1.96 bits per heavy atom. The van der Waals surface area contributed by atoms with Gasteiger partial charge in [0.2, 0.25) is 10.1 Å². The quantitative estimate of drug-likeness (QED) is 0.556. The maximum Gasteiger partial charge on any atom is 0.264 e. The number of aromatic nitrogens is 4. The number of carbonyl (C=O) groups excluding carboxylic acids is 1. The van der Waals surface area contributed by atoms with Crippen LogP contribution in [0.4, 0.5) is 9.52 Å². The minimum absolute atomic E-state index is 0.140. The van der Waals surface area contributed by atoms with Crippen LogP contribution in [0.3, 0.4) is 0 Å². The first-order valence-corrected chi connectivity index (χ1v) is 9.29. The summed E-state index contributed by atoms with van der Waals surface area (Å²) in [5, 5.41) is 15.4. The molecule has 4 rings (SSSR count). The number of nitrogens with one attached hydrogen (secondary N) is 1. The molecule has 0 aliphatic heterocycles. The van der Waals surface area contributed by atoms with Gasteiger partial charge < -0.3 is 4.74 Å². The third-order valence-electron chi connectivity index (χ3n) is 4.06. The number of hydrogen-bond acceptors (Lipinski definition) is 6. The summed E-state index contributed by atoms with van der Waals surface area (Å²) in [4.78, 5) is 12.6. The maximum atomic E-state index is 13.8. The van der Waals surface area contributed by atoms with Gasteiger partial charge in [-0.05, 0) is 37.6 Å². The third kappa shape index (κ3) is 3.70.